The van der Waals surface area contributed by atoms with E-state index in [1.807, 2.05) is 31.2 Å². The van der Waals surface area contributed by atoms with Gasteiger partial charge in [0, 0.05) is 9.61 Å². The smallest absolute Gasteiger partial charge is 0.308 e. The maximum Gasteiger partial charge on any atom is 0.308 e. The van der Waals surface area contributed by atoms with Gasteiger partial charge in [-0.15, -0.1) is 0 Å². The van der Waals surface area contributed by atoms with Gasteiger partial charge in [0.05, 0.1) is 18.1 Å². The zero-order valence-electron chi connectivity index (χ0n) is 12.1. The van der Waals surface area contributed by atoms with Crippen LogP contribution in [0, 0.1) is 9.49 Å². The fourth-order valence-corrected chi connectivity index (χ4v) is 3.27. The van der Waals surface area contributed by atoms with Crippen LogP contribution in [0.25, 0.3) is 0 Å². The Morgan fingerprint density at radius 2 is 1.90 bits per heavy atom. The molecule has 0 bridgehead atoms. The van der Waals surface area contributed by atoms with Gasteiger partial charge in [0.15, 0.2) is 0 Å². The van der Waals surface area contributed by atoms with Crippen LogP contribution in [-0.4, -0.2) is 24.5 Å². The standard InChI is InChI=1S/C16H20INO3/c1-2-21-16(20)11-7-9-12(10-8-11)18-15(19)13-5-3-4-6-14(13)17/h3-6,11-12H,2,7-10H2,1H3,(H,18,19). The Balaban J connectivity index is 1.85. The first kappa shape index (κ1) is 16.3. The summed E-state index contributed by atoms with van der Waals surface area (Å²) in [5.41, 5.74) is 0.714. The Kier molecular flexibility index (Phi) is 6.02. The Hall–Kier alpha value is -1.11. The summed E-state index contributed by atoms with van der Waals surface area (Å²) >= 11 is 2.17. The molecule has 0 aliphatic heterocycles. The number of nitrogens with one attached hydrogen (secondary N) is 1. The highest BCUT2D eigenvalue weighted by Crippen LogP contribution is 2.25. The molecule has 1 amide bonds. The molecule has 0 unspecified atom stereocenters. The van der Waals surface area contributed by atoms with Crippen molar-refractivity contribution in [3.63, 3.8) is 0 Å². The van der Waals surface area contributed by atoms with Gasteiger partial charge in [0.2, 0.25) is 0 Å². The van der Waals surface area contributed by atoms with Crippen LogP contribution >= 0.6 is 22.6 Å². The Bertz CT molecular complexity index is 510. The van der Waals surface area contributed by atoms with Gasteiger partial charge in [-0.2, -0.15) is 0 Å². The lowest BCUT2D eigenvalue weighted by Gasteiger charge is -2.27. The van der Waals surface area contributed by atoms with Gasteiger partial charge < -0.3 is 10.1 Å². The molecule has 5 heteroatoms. The minimum absolute atomic E-state index is 0.00466. The van der Waals surface area contributed by atoms with Gasteiger partial charge >= 0.3 is 5.97 Å². The second-order valence-electron chi connectivity index (χ2n) is 5.25. The second-order valence-corrected chi connectivity index (χ2v) is 6.42. The van der Waals surface area contributed by atoms with Crippen molar-refractivity contribution in [2.24, 2.45) is 5.92 Å². The fourth-order valence-electron chi connectivity index (χ4n) is 2.64. The van der Waals surface area contributed by atoms with E-state index < -0.39 is 0 Å². The van der Waals surface area contributed by atoms with Crippen LogP contribution in [-0.2, 0) is 9.53 Å². The van der Waals surface area contributed by atoms with Gasteiger partial charge in [-0.25, -0.2) is 0 Å². The first-order valence-corrected chi connectivity index (χ1v) is 8.41. The number of rotatable bonds is 4. The molecule has 21 heavy (non-hydrogen) atoms. The molecule has 0 spiro atoms. The van der Waals surface area contributed by atoms with Gasteiger partial charge in [-0.1, -0.05) is 12.1 Å². The third-order valence-electron chi connectivity index (χ3n) is 3.80. The zero-order valence-corrected chi connectivity index (χ0v) is 14.3. The second kappa shape index (κ2) is 7.77. The lowest BCUT2D eigenvalue weighted by atomic mass is 9.86. The number of hydrogen-bond acceptors (Lipinski definition) is 3. The fraction of sp³-hybridized carbons (Fsp3) is 0.500. The Labute approximate surface area is 138 Å². The number of benzene rings is 1. The van der Waals surface area contributed by atoms with E-state index in [9.17, 15) is 9.59 Å². The molecule has 2 rings (SSSR count). The van der Waals surface area contributed by atoms with Crippen molar-refractivity contribution in [3.05, 3.63) is 33.4 Å². The lowest BCUT2D eigenvalue weighted by Crippen LogP contribution is -2.39. The third kappa shape index (κ3) is 4.43. The third-order valence-corrected chi connectivity index (χ3v) is 4.74. The maximum atomic E-state index is 12.2. The molecule has 4 nitrogen and oxygen atoms in total. The number of amides is 1. The van der Waals surface area contributed by atoms with E-state index in [1.54, 1.807) is 0 Å². The van der Waals surface area contributed by atoms with E-state index >= 15 is 0 Å². The molecule has 0 atom stereocenters. The first-order valence-electron chi connectivity index (χ1n) is 7.33. The maximum absolute atomic E-state index is 12.2. The summed E-state index contributed by atoms with van der Waals surface area (Å²) in [6.45, 7) is 2.26. The van der Waals surface area contributed by atoms with E-state index in [0.717, 1.165) is 29.3 Å². The lowest BCUT2D eigenvalue weighted by molar-refractivity contribution is -0.149. The molecule has 1 fully saturated rings. The molecule has 0 heterocycles. The minimum atomic E-state index is -0.0973. The van der Waals surface area contributed by atoms with E-state index in [2.05, 4.69) is 27.9 Å². The largest absolute Gasteiger partial charge is 0.466 e. The van der Waals surface area contributed by atoms with Crippen LogP contribution in [0.5, 0.6) is 0 Å². The Morgan fingerprint density at radius 1 is 1.24 bits per heavy atom. The summed E-state index contributed by atoms with van der Waals surface area (Å²) in [6.07, 6.45) is 3.24. The van der Waals surface area contributed by atoms with Gasteiger partial charge in [-0.05, 0) is 67.3 Å². The predicted octanol–water partition coefficient (Wildman–Crippen LogP) is 3.14. The van der Waals surface area contributed by atoms with Crippen LogP contribution in [0.3, 0.4) is 0 Å². The molecule has 0 aromatic heterocycles. The van der Waals surface area contributed by atoms with Crippen LogP contribution in [0.4, 0.5) is 0 Å². The number of esters is 1. The van der Waals surface area contributed by atoms with Crippen molar-refractivity contribution in [3.8, 4) is 0 Å². The van der Waals surface area contributed by atoms with E-state index in [0.29, 0.717) is 12.2 Å². The van der Waals surface area contributed by atoms with Crippen molar-refractivity contribution in [1.82, 2.24) is 5.32 Å². The monoisotopic (exact) mass is 401 g/mol. The molecule has 1 saturated carbocycles. The number of carbonyl (C=O) groups is 2. The number of hydrogen-bond donors (Lipinski definition) is 1. The summed E-state index contributed by atoms with van der Waals surface area (Å²) in [7, 11) is 0. The normalized spacial score (nSPS) is 21.6. The summed E-state index contributed by atoms with van der Waals surface area (Å²) < 4.78 is 6.01. The molecule has 0 radical (unpaired) electrons. The van der Waals surface area contributed by atoms with Crippen molar-refractivity contribution >= 4 is 34.5 Å². The van der Waals surface area contributed by atoms with Crippen LogP contribution in [0.2, 0.25) is 0 Å². The van der Waals surface area contributed by atoms with Gasteiger partial charge in [0.1, 0.15) is 0 Å². The number of halogens is 1. The topological polar surface area (TPSA) is 55.4 Å². The van der Waals surface area contributed by atoms with Crippen molar-refractivity contribution in [2.75, 3.05) is 6.61 Å². The first-order chi connectivity index (χ1) is 10.1. The SMILES string of the molecule is CCOC(=O)C1CCC(NC(=O)c2ccccc2I)CC1. The molecule has 1 aromatic rings. The molecular weight excluding hydrogens is 381 g/mol. The molecule has 0 saturated heterocycles. The molecule has 1 N–H and O–H groups in total. The van der Waals surface area contributed by atoms with Gasteiger partial charge in [0.25, 0.3) is 5.91 Å². The average molecular weight is 401 g/mol. The van der Waals surface area contributed by atoms with E-state index in [1.165, 1.54) is 0 Å². The van der Waals surface area contributed by atoms with Crippen molar-refractivity contribution in [2.45, 2.75) is 38.6 Å². The summed E-state index contributed by atoms with van der Waals surface area (Å²) in [6, 6.07) is 7.70. The zero-order chi connectivity index (χ0) is 15.2. The molecule has 114 valence electrons. The highest BCUT2D eigenvalue weighted by atomic mass is 127. The number of carbonyl (C=O) groups excluding carboxylic acids is 2. The highest BCUT2D eigenvalue weighted by Gasteiger charge is 2.28. The molecular formula is C16H20INO3. The summed E-state index contributed by atoms with van der Waals surface area (Å²) in [4.78, 5) is 23.9. The van der Waals surface area contributed by atoms with Crippen molar-refractivity contribution in [1.29, 1.82) is 0 Å². The summed E-state index contributed by atoms with van der Waals surface area (Å²) in [5.74, 6) is -0.130. The van der Waals surface area contributed by atoms with Crippen LogP contribution in [0.15, 0.2) is 24.3 Å². The quantitative estimate of drug-likeness (QED) is 0.623. The van der Waals surface area contributed by atoms with Crippen molar-refractivity contribution < 1.29 is 14.3 Å². The van der Waals surface area contributed by atoms with Crippen LogP contribution in [0.1, 0.15) is 43.0 Å². The molecule has 1 aliphatic rings. The predicted molar refractivity (Wildman–Crippen MR) is 89.0 cm³/mol. The molecule has 1 aliphatic carbocycles. The minimum Gasteiger partial charge on any atom is -0.466 e. The van der Waals surface area contributed by atoms with Crippen LogP contribution < -0.4 is 5.32 Å². The highest BCUT2D eigenvalue weighted by molar-refractivity contribution is 14.1. The van der Waals surface area contributed by atoms with E-state index in [4.69, 9.17) is 4.74 Å². The summed E-state index contributed by atoms with van der Waals surface area (Å²) in [5, 5.41) is 3.07. The molecule has 1 aromatic carbocycles. The van der Waals surface area contributed by atoms with E-state index in [-0.39, 0.29) is 23.8 Å². The van der Waals surface area contributed by atoms with Gasteiger partial charge in [-0.3, -0.25) is 9.59 Å². The number of ether oxygens (including phenoxy) is 1. The average Bonchev–Trinajstić information content (AvgIpc) is 2.48. The Morgan fingerprint density at radius 3 is 2.52 bits per heavy atom.